The number of nitrogens with one attached hydrogen (secondary N) is 2. The van der Waals surface area contributed by atoms with Gasteiger partial charge in [-0.15, -0.1) is 0 Å². The number of nitrogens with zero attached hydrogens (tertiary/aromatic N) is 3. The van der Waals surface area contributed by atoms with Gasteiger partial charge in [0, 0.05) is 24.8 Å². The summed E-state index contributed by atoms with van der Waals surface area (Å²) in [6.07, 6.45) is 3.62. The number of hydrogen-bond acceptors (Lipinski definition) is 4. The van der Waals surface area contributed by atoms with Crippen LogP contribution in [0.5, 0.6) is 0 Å². The second-order valence-corrected chi connectivity index (χ2v) is 7.69. The van der Waals surface area contributed by atoms with E-state index < -0.39 is 11.6 Å². The van der Waals surface area contributed by atoms with Crippen LogP contribution in [-0.4, -0.2) is 40.5 Å². The molecule has 0 saturated carbocycles. The lowest BCUT2D eigenvalue weighted by atomic mass is 10.1. The number of hydrogen-bond donors (Lipinski definition) is 3. The molecular formula is C22H21F2N5O. The number of benzene rings is 2. The van der Waals surface area contributed by atoms with Gasteiger partial charge in [-0.25, -0.2) is 13.8 Å². The van der Waals surface area contributed by atoms with Crippen molar-refractivity contribution in [2.24, 2.45) is 0 Å². The molecular weight excluding hydrogens is 388 g/mol. The van der Waals surface area contributed by atoms with Gasteiger partial charge in [0.25, 0.3) is 0 Å². The van der Waals surface area contributed by atoms with Crippen molar-refractivity contribution in [1.82, 2.24) is 9.97 Å². The zero-order valence-electron chi connectivity index (χ0n) is 16.3. The van der Waals surface area contributed by atoms with Crippen LogP contribution in [0.2, 0.25) is 0 Å². The van der Waals surface area contributed by atoms with Crippen LogP contribution in [0.3, 0.4) is 0 Å². The monoisotopic (exact) mass is 409 g/mol. The molecule has 30 heavy (non-hydrogen) atoms. The van der Waals surface area contributed by atoms with Crippen molar-refractivity contribution in [3.8, 4) is 0 Å². The minimum atomic E-state index is -0.787. The van der Waals surface area contributed by atoms with Crippen LogP contribution in [0, 0.1) is 17.0 Å². The number of aromatic amines is 1. The predicted molar refractivity (Wildman–Crippen MR) is 113 cm³/mol. The first-order valence-corrected chi connectivity index (χ1v) is 10.00. The molecule has 1 saturated heterocycles. The van der Waals surface area contributed by atoms with Crippen molar-refractivity contribution in [1.29, 1.82) is 5.41 Å². The minimum absolute atomic E-state index is 0.0337. The molecule has 3 N–H and O–H groups in total. The summed E-state index contributed by atoms with van der Waals surface area (Å²) in [6, 6.07) is 9.15. The number of H-pyrrole nitrogens is 1. The van der Waals surface area contributed by atoms with Gasteiger partial charge in [-0.3, -0.25) is 5.41 Å². The molecule has 154 valence electrons. The highest BCUT2D eigenvalue weighted by Crippen LogP contribution is 2.33. The van der Waals surface area contributed by atoms with Crippen LogP contribution in [-0.2, 0) is 0 Å². The second kappa shape index (κ2) is 7.12. The van der Waals surface area contributed by atoms with Crippen LogP contribution in [0.1, 0.15) is 25.1 Å². The Morgan fingerprint density at radius 3 is 2.60 bits per heavy atom. The van der Waals surface area contributed by atoms with Crippen LogP contribution < -0.4 is 9.80 Å². The molecule has 2 aromatic carbocycles. The van der Waals surface area contributed by atoms with Gasteiger partial charge in [-0.1, -0.05) is 0 Å². The minimum Gasteiger partial charge on any atom is -0.509 e. The third-order valence-corrected chi connectivity index (χ3v) is 5.73. The Kier molecular flexibility index (Phi) is 4.42. The largest absolute Gasteiger partial charge is 0.509 e. The quantitative estimate of drug-likeness (QED) is 0.591. The summed E-state index contributed by atoms with van der Waals surface area (Å²) in [7, 11) is 0. The first-order chi connectivity index (χ1) is 14.5. The van der Waals surface area contributed by atoms with E-state index in [1.54, 1.807) is 0 Å². The third kappa shape index (κ3) is 3.08. The van der Waals surface area contributed by atoms with Crippen molar-refractivity contribution in [3.05, 3.63) is 59.6 Å². The number of aliphatic hydroxyl groups excluding tert-OH is 1. The summed E-state index contributed by atoms with van der Waals surface area (Å²) in [5, 5.41) is 19.0. The molecule has 3 heterocycles. The van der Waals surface area contributed by atoms with Crippen molar-refractivity contribution in [2.75, 3.05) is 29.4 Å². The van der Waals surface area contributed by atoms with Crippen molar-refractivity contribution in [3.63, 3.8) is 0 Å². The van der Waals surface area contributed by atoms with Crippen molar-refractivity contribution >= 4 is 33.8 Å². The van der Waals surface area contributed by atoms with Gasteiger partial charge < -0.3 is 19.9 Å². The highest BCUT2D eigenvalue weighted by Gasteiger charge is 2.32. The van der Waals surface area contributed by atoms with E-state index in [4.69, 9.17) is 5.41 Å². The van der Waals surface area contributed by atoms with Crippen LogP contribution in [0.15, 0.2) is 42.2 Å². The molecule has 1 aromatic heterocycles. The van der Waals surface area contributed by atoms with E-state index in [2.05, 4.69) is 14.9 Å². The molecule has 0 amide bonds. The fraction of sp³-hybridized carbons (Fsp3) is 0.273. The number of imidazole rings is 1. The lowest BCUT2D eigenvalue weighted by Crippen LogP contribution is -2.29. The molecule has 5 rings (SSSR count). The number of amidine groups is 1. The number of aliphatic hydroxyl groups is 1. The standard InChI is InChI=1S/C22H21F2N5O/c23-13-4-7-18(15(24)10-13)29-12-19(30)20(21(29)25)22-26-16-6-5-14(11-17(16)27-22)28-8-2-1-3-9-28/h4-7,10-11,25,30H,1-3,8-9,12H2,(H,26,27). The maximum absolute atomic E-state index is 14.2. The maximum atomic E-state index is 14.2. The fourth-order valence-corrected chi connectivity index (χ4v) is 4.20. The highest BCUT2D eigenvalue weighted by atomic mass is 19.1. The molecule has 3 aromatic rings. The molecule has 2 aliphatic rings. The van der Waals surface area contributed by atoms with Crippen LogP contribution in [0.4, 0.5) is 20.2 Å². The van der Waals surface area contributed by atoms with Crippen molar-refractivity contribution in [2.45, 2.75) is 19.3 Å². The van der Waals surface area contributed by atoms with Gasteiger partial charge in [0.2, 0.25) is 0 Å². The summed E-state index contributed by atoms with van der Waals surface area (Å²) in [4.78, 5) is 11.4. The number of halogens is 2. The summed E-state index contributed by atoms with van der Waals surface area (Å²) >= 11 is 0. The Hall–Kier alpha value is -3.42. The average Bonchev–Trinajstić information content (AvgIpc) is 3.28. The summed E-state index contributed by atoms with van der Waals surface area (Å²) in [5.74, 6) is -1.30. The highest BCUT2D eigenvalue weighted by molar-refractivity contribution is 6.30. The molecule has 8 heteroatoms. The molecule has 0 aliphatic carbocycles. The Labute approximate surface area is 172 Å². The molecule has 1 fully saturated rings. The molecule has 0 spiro atoms. The Bertz CT molecular complexity index is 1180. The first-order valence-electron chi connectivity index (χ1n) is 10.00. The van der Waals surface area contributed by atoms with E-state index >= 15 is 0 Å². The SMILES string of the molecule is N=C1C(c2nc3ccc(N4CCCCC4)cc3[nH]2)=C(O)CN1c1ccc(F)cc1F. The third-order valence-electron chi connectivity index (χ3n) is 5.73. The molecule has 0 atom stereocenters. The van der Waals surface area contributed by atoms with Gasteiger partial charge >= 0.3 is 0 Å². The molecule has 0 bridgehead atoms. The lowest BCUT2D eigenvalue weighted by Gasteiger charge is -2.28. The molecule has 0 radical (unpaired) electrons. The molecule has 0 unspecified atom stereocenters. The van der Waals surface area contributed by atoms with Gasteiger partial charge in [-0.2, -0.15) is 0 Å². The van der Waals surface area contributed by atoms with Gasteiger partial charge in [0.15, 0.2) is 0 Å². The summed E-state index contributed by atoms with van der Waals surface area (Å²) in [5.41, 5.74) is 2.91. The van der Waals surface area contributed by atoms with Gasteiger partial charge in [-0.05, 0) is 49.6 Å². The summed E-state index contributed by atoms with van der Waals surface area (Å²) in [6.45, 7) is 1.98. The Balaban J connectivity index is 1.47. The zero-order chi connectivity index (χ0) is 20.8. The number of fused-ring (bicyclic) bond motifs is 1. The van der Waals surface area contributed by atoms with Gasteiger partial charge in [0.05, 0.1) is 28.8 Å². The predicted octanol–water partition coefficient (Wildman–Crippen LogP) is 4.60. The molecule has 2 aliphatic heterocycles. The average molecular weight is 409 g/mol. The normalized spacial score (nSPS) is 17.5. The first kappa shape index (κ1) is 18.6. The number of rotatable bonds is 3. The van der Waals surface area contributed by atoms with E-state index in [1.807, 2.05) is 18.2 Å². The van der Waals surface area contributed by atoms with Crippen molar-refractivity contribution < 1.29 is 13.9 Å². The van der Waals surface area contributed by atoms with E-state index in [0.717, 1.165) is 41.9 Å². The Morgan fingerprint density at radius 1 is 1.03 bits per heavy atom. The van der Waals surface area contributed by atoms with E-state index in [-0.39, 0.29) is 29.4 Å². The van der Waals surface area contributed by atoms with E-state index in [1.165, 1.54) is 30.2 Å². The lowest BCUT2D eigenvalue weighted by molar-refractivity contribution is 0.411. The zero-order valence-corrected chi connectivity index (χ0v) is 16.3. The summed E-state index contributed by atoms with van der Waals surface area (Å²) < 4.78 is 27.5. The Morgan fingerprint density at radius 2 is 1.83 bits per heavy atom. The number of piperidine rings is 1. The van der Waals surface area contributed by atoms with Gasteiger partial charge in [0.1, 0.15) is 29.1 Å². The maximum Gasteiger partial charge on any atom is 0.149 e. The number of anilines is 2. The topological polar surface area (TPSA) is 79.2 Å². The second-order valence-electron chi connectivity index (χ2n) is 7.69. The number of aromatic nitrogens is 2. The smallest absolute Gasteiger partial charge is 0.149 e. The fourth-order valence-electron chi connectivity index (χ4n) is 4.20. The molecule has 6 nitrogen and oxygen atoms in total. The van der Waals surface area contributed by atoms with E-state index in [0.29, 0.717) is 5.82 Å². The van der Waals surface area contributed by atoms with Crippen LogP contribution in [0.25, 0.3) is 16.6 Å². The van der Waals surface area contributed by atoms with Crippen LogP contribution >= 0.6 is 0 Å². The van der Waals surface area contributed by atoms with E-state index in [9.17, 15) is 13.9 Å².